The molecule has 2 atom stereocenters. The van der Waals surface area contributed by atoms with Crippen molar-refractivity contribution in [1.29, 1.82) is 0 Å². The minimum absolute atomic E-state index is 0.0267. The van der Waals surface area contributed by atoms with Crippen molar-refractivity contribution in [3.05, 3.63) is 59.8 Å². The number of nitrogens with one attached hydrogen (secondary N) is 4. The van der Waals surface area contributed by atoms with E-state index >= 15 is 0 Å². The molecule has 0 saturated carbocycles. The summed E-state index contributed by atoms with van der Waals surface area (Å²) in [5, 5.41) is 7.77. The number of ether oxygens (including phenoxy) is 1. The summed E-state index contributed by atoms with van der Waals surface area (Å²) in [5.41, 5.74) is -0.886. The molecule has 0 spiro atoms. The summed E-state index contributed by atoms with van der Waals surface area (Å²) in [6.45, 7) is 3.57. The van der Waals surface area contributed by atoms with Gasteiger partial charge in [0.05, 0.1) is 18.7 Å². The maximum Gasteiger partial charge on any atom is 0.417 e. The van der Waals surface area contributed by atoms with E-state index in [1.54, 1.807) is 13.8 Å². The zero-order chi connectivity index (χ0) is 29.7. The molecule has 1 aliphatic rings. The van der Waals surface area contributed by atoms with Crippen LogP contribution in [-0.2, 0) is 25.3 Å². The van der Waals surface area contributed by atoms with Crippen molar-refractivity contribution in [2.24, 2.45) is 5.92 Å². The molecule has 3 rings (SSSR count). The predicted octanol–water partition coefficient (Wildman–Crippen LogP) is 3.20. The number of benzene rings is 1. The van der Waals surface area contributed by atoms with Crippen LogP contribution in [-0.4, -0.2) is 54.4 Å². The van der Waals surface area contributed by atoms with Gasteiger partial charge in [-0.1, -0.05) is 24.3 Å². The second-order valence-corrected chi connectivity index (χ2v) is 8.60. The van der Waals surface area contributed by atoms with E-state index < -0.39 is 42.1 Å². The number of hydrogen-bond acceptors (Lipinski definition) is 5. The topological polar surface area (TPSA) is 129 Å². The molecule has 1 aromatic heterocycles. The number of carbonyl (C=O) groups is 4. The number of aromatic amines is 1. The van der Waals surface area contributed by atoms with Gasteiger partial charge in [-0.2, -0.15) is 13.2 Å². The predicted molar refractivity (Wildman–Crippen MR) is 142 cm³/mol. The normalized spacial score (nSPS) is 15.3. The smallest absolute Gasteiger partial charge is 0.417 e. The summed E-state index contributed by atoms with van der Waals surface area (Å²) in [4.78, 5) is 51.2. The van der Waals surface area contributed by atoms with Crippen LogP contribution >= 0.6 is 0 Å². The molecule has 0 radical (unpaired) electrons. The van der Waals surface area contributed by atoms with Crippen LogP contribution in [0.2, 0.25) is 0 Å². The number of H-pyrrole nitrogens is 1. The Bertz CT molecular complexity index is 1260. The van der Waals surface area contributed by atoms with Gasteiger partial charge in [0.1, 0.15) is 5.69 Å². The molecule has 2 heterocycles. The van der Waals surface area contributed by atoms with Crippen molar-refractivity contribution in [2.75, 3.05) is 19.7 Å². The lowest BCUT2D eigenvalue weighted by atomic mass is 9.98. The van der Waals surface area contributed by atoms with Gasteiger partial charge in [-0.3, -0.25) is 14.4 Å². The quantitative estimate of drug-likeness (QED) is 0.202. The highest BCUT2D eigenvalue weighted by atomic mass is 19.4. The third kappa shape index (κ3) is 9.65. The molecule has 214 valence electrons. The van der Waals surface area contributed by atoms with Crippen molar-refractivity contribution < 1.29 is 37.1 Å². The molecule has 40 heavy (non-hydrogen) atoms. The number of terminal acetylenes is 1. The van der Waals surface area contributed by atoms with Crippen LogP contribution in [0.5, 0.6) is 0 Å². The summed E-state index contributed by atoms with van der Waals surface area (Å²) in [6.07, 6.45) is 3.46. The highest BCUT2D eigenvalue weighted by Gasteiger charge is 2.33. The maximum absolute atomic E-state index is 13.3. The Hall–Kier alpha value is -4.53. The lowest BCUT2D eigenvalue weighted by Crippen LogP contribution is -2.42. The van der Waals surface area contributed by atoms with Crippen molar-refractivity contribution in [3.63, 3.8) is 0 Å². The number of hydrogen-bond donors (Lipinski definition) is 4. The molecule has 9 nitrogen and oxygen atoms in total. The summed E-state index contributed by atoms with van der Waals surface area (Å²) in [5.74, 6) is -0.116. The molecule has 2 unspecified atom stereocenters. The fourth-order valence-corrected chi connectivity index (χ4v) is 3.91. The van der Waals surface area contributed by atoms with Crippen LogP contribution in [0.25, 0.3) is 11.3 Å². The van der Waals surface area contributed by atoms with Gasteiger partial charge < -0.3 is 25.7 Å². The zero-order valence-electron chi connectivity index (χ0n) is 22.1. The Morgan fingerprint density at radius 3 is 2.55 bits per heavy atom. The van der Waals surface area contributed by atoms with E-state index in [1.807, 2.05) is 0 Å². The Kier molecular flexibility index (Phi) is 12.0. The van der Waals surface area contributed by atoms with Crippen molar-refractivity contribution in [3.8, 4) is 23.6 Å². The average Bonchev–Trinajstić information content (AvgIpc) is 3.55. The highest BCUT2D eigenvalue weighted by molar-refractivity contribution is 5.96. The second-order valence-electron chi connectivity index (χ2n) is 8.60. The van der Waals surface area contributed by atoms with Gasteiger partial charge >= 0.3 is 12.1 Å². The molecule has 3 amide bonds. The van der Waals surface area contributed by atoms with Crippen LogP contribution in [0, 0.1) is 18.3 Å². The van der Waals surface area contributed by atoms with Crippen molar-refractivity contribution >= 4 is 23.7 Å². The van der Waals surface area contributed by atoms with Gasteiger partial charge in [0.25, 0.3) is 5.91 Å². The first-order valence-corrected chi connectivity index (χ1v) is 12.4. The first kappa shape index (κ1) is 31.7. The lowest BCUT2D eigenvalue weighted by Gasteiger charge is -2.18. The maximum atomic E-state index is 13.3. The molecule has 2 aromatic rings. The number of carbonyl (C=O) groups excluding carboxylic acids is 4. The molecule has 1 fully saturated rings. The first-order chi connectivity index (χ1) is 19.0. The van der Waals surface area contributed by atoms with Crippen LogP contribution in [0.3, 0.4) is 0 Å². The van der Waals surface area contributed by atoms with E-state index in [2.05, 4.69) is 33.3 Å². The van der Waals surface area contributed by atoms with Gasteiger partial charge in [-0.15, -0.1) is 12.3 Å². The lowest BCUT2D eigenvalue weighted by molar-refractivity contribution is -0.138. The average molecular weight is 561 g/mol. The van der Waals surface area contributed by atoms with Gasteiger partial charge in [0, 0.05) is 35.8 Å². The molecule has 1 aromatic carbocycles. The molecular weight excluding hydrogens is 529 g/mol. The number of amides is 3. The Balaban J connectivity index is 0.00000178. The van der Waals surface area contributed by atoms with E-state index in [9.17, 15) is 32.3 Å². The van der Waals surface area contributed by atoms with Crippen LogP contribution in [0.1, 0.15) is 42.7 Å². The number of esters is 1. The third-order valence-corrected chi connectivity index (χ3v) is 5.66. The summed E-state index contributed by atoms with van der Waals surface area (Å²) in [6, 6.07) is 6.97. The van der Waals surface area contributed by atoms with E-state index in [1.165, 1.54) is 42.5 Å². The van der Waals surface area contributed by atoms with E-state index in [4.69, 9.17) is 4.74 Å². The molecule has 1 aliphatic heterocycles. The zero-order valence-corrected chi connectivity index (χ0v) is 22.1. The number of halogens is 3. The largest absolute Gasteiger partial charge is 0.463 e. The molecule has 1 saturated heterocycles. The second kappa shape index (κ2) is 15.2. The number of aromatic nitrogens is 1. The molecular formula is C28H31F3N4O5. The fourth-order valence-electron chi connectivity index (χ4n) is 3.91. The Morgan fingerprint density at radius 2 is 1.93 bits per heavy atom. The van der Waals surface area contributed by atoms with Gasteiger partial charge in [0.15, 0.2) is 0 Å². The molecule has 4 N–H and O–H groups in total. The van der Waals surface area contributed by atoms with Crippen molar-refractivity contribution in [1.82, 2.24) is 20.9 Å². The van der Waals surface area contributed by atoms with E-state index in [0.29, 0.717) is 13.0 Å². The van der Waals surface area contributed by atoms with Gasteiger partial charge in [0.2, 0.25) is 11.8 Å². The SMILES string of the molecule is C#CC.CCOC(=O)/C=C/C(CC1CCNC1=O)NC(=O)CNC(=O)c1ccc(-c2ccccc2C(F)(F)F)[nH]1. The summed E-state index contributed by atoms with van der Waals surface area (Å²) < 4.78 is 44.8. The van der Waals surface area contributed by atoms with E-state index in [0.717, 1.165) is 6.07 Å². The highest BCUT2D eigenvalue weighted by Crippen LogP contribution is 2.36. The first-order valence-electron chi connectivity index (χ1n) is 12.4. The van der Waals surface area contributed by atoms with Crippen LogP contribution in [0.4, 0.5) is 13.2 Å². The molecule has 0 bridgehead atoms. The Morgan fingerprint density at radius 1 is 1.23 bits per heavy atom. The monoisotopic (exact) mass is 560 g/mol. The number of rotatable bonds is 10. The van der Waals surface area contributed by atoms with Crippen LogP contribution < -0.4 is 16.0 Å². The van der Waals surface area contributed by atoms with Crippen LogP contribution in [0.15, 0.2) is 48.6 Å². The third-order valence-electron chi connectivity index (χ3n) is 5.66. The van der Waals surface area contributed by atoms with Gasteiger partial charge in [-0.25, -0.2) is 4.79 Å². The molecule has 12 heteroatoms. The van der Waals surface area contributed by atoms with Crippen molar-refractivity contribution in [2.45, 2.75) is 38.9 Å². The van der Waals surface area contributed by atoms with E-state index in [-0.39, 0.29) is 41.8 Å². The minimum atomic E-state index is -4.57. The fraction of sp³-hybridized carbons (Fsp3) is 0.357. The summed E-state index contributed by atoms with van der Waals surface area (Å²) in [7, 11) is 0. The number of alkyl halides is 3. The molecule has 0 aliphatic carbocycles. The van der Waals surface area contributed by atoms with Gasteiger partial charge in [-0.05, 0) is 44.9 Å². The Labute approximate surface area is 229 Å². The minimum Gasteiger partial charge on any atom is -0.463 e. The summed E-state index contributed by atoms with van der Waals surface area (Å²) >= 11 is 0. The standard InChI is InChI=1S/C25H27F3N4O5.C3H4/c1-2-37-22(34)10-7-16(13-15-11-12-29-23(15)35)31-21(33)14-30-24(36)20-9-8-19(32-20)17-5-3-4-6-18(17)25(26,27)28;1-3-2/h3-10,15-16,32H,2,11-14H2,1H3,(H,29,35)(H,30,36)(H,31,33);1H,2H3/b10-7+;.